The number of piperidine rings is 1. The first-order chi connectivity index (χ1) is 12.3. The van der Waals surface area contributed by atoms with E-state index >= 15 is 0 Å². The second-order valence-electron chi connectivity index (χ2n) is 7.98. The van der Waals surface area contributed by atoms with Crippen LogP contribution in [0.1, 0.15) is 56.8 Å². The quantitative estimate of drug-likeness (QED) is 0.441. The van der Waals surface area contributed by atoms with E-state index in [0.717, 1.165) is 45.3 Å². The highest BCUT2D eigenvalue weighted by Gasteiger charge is 2.23. The van der Waals surface area contributed by atoms with E-state index in [2.05, 4.69) is 31.4 Å². The first-order valence-electron chi connectivity index (χ1n) is 9.44. The van der Waals surface area contributed by atoms with Gasteiger partial charge in [0.05, 0.1) is 17.0 Å². The number of nitro groups is 1. The molecule has 0 spiro atoms. The number of carbonyl (C=O) groups excluding carboxylic acids is 1. The van der Waals surface area contributed by atoms with Gasteiger partial charge in [0.25, 0.3) is 11.6 Å². The summed E-state index contributed by atoms with van der Waals surface area (Å²) < 4.78 is 0. The number of carbonyl (C=O) groups is 1. The minimum atomic E-state index is -0.390. The van der Waals surface area contributed by atoms with Crippen LogP contribution in [-0.2, 0) is 0 Å². The molecule has 1 aromatic rings. The van der Waals surface area contributed by atoms with E-state index in [1.807, 2.05) is 4.90 Å². The summed E-state index contributed by atoms with van der Waals surface area (Å²) in [6.45, 7) is 9.59. The van der Waals surface area contributed by atoms with Crippen LogP contribution in [0.25, 0.3) is 0 Å². The average Bonchev–Trinajstić information content (AvgIpc) is 2.60. The highest BCUT2D eigenvalue weighted by molar-refractivity contribution is 5.95. The predicted molar refractivity (Wildman–Crippen MR) is 103 cm³/mol. The largest absolute Gasteiger partial charge is 0.366 e. The van der Waals surface area contributed by atoms with Gasteiger partial charge in [-0.1, -0.05) is 0 Å². The van der Waals surface area contributed by atoms with Crippen molar-refractivity contribution in [1.29, 1.82) is 0 Å². The number of rotatable bonds is 7. The Kier molecular flexibility index (Phi) is 6.97. The molecule has 1 aliphatic rings. The lowest BCUT2D eigenvalue weighted by Crippen LogP contribution is -2.94. The van der Waals surface area contributed by atoms with Crippen LogP contribution in [0.4, 0.5) is 11.4 Å². The van der Waals surface area contributed by atoms with Crippen LogP contribution < -0.4 is 15.5 Å². The SMILES string of the molecule is CC(C)(C)[NH2+]CCCNC(=O)c1ccc(N2CCCCC2)c([N+](=O)[O-])c1. The molecule has 0 bridgehead atoms. The van der Waals surface area contributed by atoms with E-state index in [-0.39, 0.29) is 22.1 Å². The van der Waals surface area contributed by atoms with Crippen LogP contribution in [0.2, 0.25) is 0 Å². The summed E-state index contributed by atoms with van der Waals surface area (Å²) in [4.78, 5) is 25.4. The maximum absolute atomic E-state index is 12.3. The molecule has 26 heavy (non-hydrogen) atoms. The molecule has 0 aromatic heterocycles. The lowest BCUT2D eigenvalue weighted by molar-refractivity contribution is -0.717. The number of anilines is 1. The number of hydrogen-bond donors (Lipinski definition) is 2. The van der Waals surface area contributed by atoms with E-state index in [0.29, 0.717) is 17.8 Å². The molecule has 1 heterocycles. The molecule has 144 valence electrons. The van der Waals surface area contributed by atoms with Crippen LogP contribution in [0, 0.1) is 10.1 Å². The molecule has 7 heteroatoms. The summed E-state index contributed by atoms with van der Waals surface area (Å²) >= 11 is 0. The standard InChI is InChI=1S/C19H30N4O3/c1-19(2,3)21-11-7-10-20-18(24)15-8-9-16(17(14-15)23(25)26)22-12-5-4-6-13-22/h8-9,14,21H,4-7,10-13H2,1-3H3,(H,20,24)/p+1. The number of benzene rings is 1. The number of hydrogen-bond acceptors (Lipinski definition) is 4. The molecule has 2 rings (SSSR count). The molecule has 3 N–H and O–H groups in total. The zero-order valence-corrected chi connectivity index (χ0v) is 16.1. The van der Waals surface area contributed by atoms with E-state index < -0.39 is 0 Å². The highest BCUT2D eigenvalue weighted by Crippen LogP contribution is 2.31. The average molecular weight is 363 g/mol. The number of amides is 1. The van der Waals surface area contributed by atoms with Gasteiger partial charge in [0, 0.05) is 37.7 Å². The summed E-state index contributed by atoms with van der Waals surface area (Å²) in [5, 5.41) is 16.6. The third kappa shape index (κ3) is 5.98. The van der Waals surface area contributed by atoms with Gasteiger partial charge in [0.15, 0.2) is 0 Å². The topological polar surface area (TPSA) is 92.1 Å². The number of nitrogens with two attached hydrogens (primary N) is 1. The smallest absolute Gasteiger partial charge is 0.293 e. The minimum Gasteiger partial charge on any atom is -0.366 e. The van der Waals surface area contributed by atoms with Gasteiger partial charge in [-0.2, -0.15) is 0 Å². The van der Waals surface area contributed by atoms with Crippen molar-refractivity contribution in [3.05, 3.63) is 33.9 Å². The lowest BCUT2D eigenvalue weighted by atomic mass is 10.1. The van der Waals surface area contributed by atoms with Gasteiger partial charge in [0.1, 0.15) is 5.69 Å². The molecule has 1 aliphatic heterocycles. The monoisotopic (exact) mass is 363 g/mol. The Balaban J connectivity index is 1.97. The maximum atomic E-state index is 12.3. The van der Waals surface area contributed by atoms with Crippen molar-refractivity contribution in [1.82, 2.24) is 5.32 Å². The molecule has 0 radical (unpaired) electrons. The molecule has 7 nitrogen and oxygen atoms in total. The third-order valence-electron chi connectivity index (χ3n) is 4.55. The summed E-state index contributed by atoms with van der Waals surface area (Å²) in [5.74, 6) is -0.256. The number of quaternary nitrogens is 1. The van der Waals surface area contributed by atoms with Gasteiger partial charge in [-0.25, -0.2) is 0 Å². The number of nitro benzene ring substituents is 1. The van der Waals surface area contributed by atoms with Crippen LogP contribution in [-0.4, -0.2) is 42.5 Å². The van der Waals surface area contributed by atoms with E-state index in [4.69, 9.17) is 0 Å². The molecule has 1 amide bonds. The minimum absolute atomic E-state index is 0.0145. The van der Waals surface area contributed by atoms with Crippen molar-refractivity contribution in [2.45, 2.75) is 52.0 Å². The van der Waals surface area contributed by atoms with Gasteiger partial charge in [-0.05, 0) is 52.2 Å². The number of nitrogens with zero attached hydrogens (tertiary/aromatic N) is 2. The molecule has 0 unspecified atom stereocenters. The van der Waals surface area contributed by atoms with Crippen molar-refractivity contribution in [3.8, 4) is 0 Å². The van der Waals surface area contributed by atoms with Crippen molar-refractivity contribution in [3.63, 3.8) is 0 Å². The van der Waals surface area contributed by atoms with E-state index in [9.17, 15) is 14.9 Å². The van der Waals surface area contributed by atoms with Crippen LogP contribution in [0.3, 0.4) is 0 Å². The fourth-order valence-corrected chi connectivity index (χ4v) is 3.15. The summed E-state index contributed by atoms with van der Waals surface area (Å²) in [6, 6.07) is 4.81. The molecule has 0 atom stereocenters. The van der Waals surface area contributed by atoms with Gasteiger partial charge in [-0.15, -0.1) is 0 Å². The van der Waals surface area contributed by atoms with E-state index in [1.54, 1.807) is 12.1 Å². The van der Waals surface area contributed by atoms with Crippen molar-refractivity contribution >= 4 is 17.3 Å². The molecule has 1 fully saturated rings. The fraction of sp³-hybridized carbons (Fsp3) is 0.632. The molecule has 1 saturated heterocycles. The summed E-state index contributed by atoms with van der Waals surface area (Å²) in [7, 11) is 0. The van der Waals surface area contributed by atoms with Crippen molar-refractivity contribution < 1.29 is 15.0 Å². The lowest BCUT2D eigenvalue weighted by Gasteiger charge is -2.28. The third-order valence-corrected chi connectivity index (χ3v) is 4.55. The van der Waals surface area contributed by atoms with E-state index in [1.165, 1.54) is 6.07 Å². The molecule has 0 saturated carbocycles. The Morgan fingerprint density at radius 1 is 1.27 bits per heavy atom. The van der Waals surface area contributed by atoms with Crippen molar-refractivity contribution in [2.75, 3.05) is 31.1 Å². The second-order valence-corrected chi connectivity index (χ2v) is 7.98. The van der Waals surface area contributed by atoms with Gasteiger partial charge >= 0.3 is 0 Å². The zero-order valence-electron chi connectivity index (χ0n) is 16.1. The molecule has 1 aromatic carbocycles. The molecular formula is C19H31N4O3+. The Morgan fingerprint density at radius 2 is 1.96 bits per heavy atom. The highest BCUT2D eigenvalue weighted by atomic mass is 16.6. The Bertz CT molecular complexity index is 634. The second kappa shape index (κ2) is 8.98. The van der Waals surface area contributed by atoms with Crippen LogP contribution in [0.15, 0.2) is 18.2 Å². The molecule has 0 aliphatic carbocycles. The van der Waals surface area contributed by atoms with Gasteiger partial charge in [-0.3, -0.25) is 14.9 Å². The summed E-state index contributed by atoms with van der Waals surface area (Å²) in [5.41, 5.74) is 1.15. The zero-order chi connectivity index (χ0) is 19.2. The fourth-order valence-electron chi connectivity index (χ4n) is 3.15. The van der Waals surface area contributed by atoms with Gasteiger partial charge < -0.3 is 15.5 Å². The Morgan fingerprint density at radius 3 is 2.58 bits per heavy atom. The summed E-state index contributed by atoms with van der Waals surface area (Å²) in [6.07, 6.45) is 4.12. The van der Waals surface area contributed by atoms with Crippen LogP contribution >= 0.6 is 0 Å². The maximum Gasteiger partial charge on any atom is 0.293 e. The van der Waals surface area contributed by atoms with Crippen LogP contribution in [0.5, 0.6) is 0 Å². The Hall–Kier alpha value is -2.15. The van der Waals surface area contributed by atoms with Crippen molar-refractivity contribution in [2.24, 2.45) is 0 Å². The first kappa shape index (κ1) is 20.2. The normalized spacial score (nSPS) is 15.0. The van der Waals surface area contributed by atoms with Gasteiger partial charge in [0.2, 0.25) is 0 Å². The predicted octanol–water partition coefficient (Wildman–Crippen LogP) is 2.07. The number of nitrogens with one attached hydrogen (secondary N) is 1. The molecular weight excluding hydrogens is 332 g/mol. The Labute approximate surface area is 155 Å². The first-order valence-corrected chi connectivity index (χ1v) is 9.44.